The highest BCUT2D eigenvalue weighted by atomic mass is 16.5. The summed E-state index contributed by atoms with van der Waals surface area (Å²) in [6, 6.07) is 14.6. The molecular formula is C22H31NO2. The van der Waals surface area contributed by atoms with Gasteiger partial charge in [-0.25, -0.2) is 0 Å². The maximum atomic E-state index is 13.2. The molecule has 0 radical (unpaired) electrons. The molecule has 0 amide bonds. The number of ether oxygens (including phenoxy) is 1. The zero-order valence-corrected chi connectivity index (χ0v) is 16.2. The van der Waals surface area contributed by atoms with Gasteiger partial charge in [0.1, 0.15) is 0 Å². The molecule has 1 atom stereocenters. The predicted molar refractivity (Wildman–Crippen MR) is 105 cm³/mol. The first-order chi connectivity index (χ1) is 11.9. The van der Waals surface area contributed by atoms with Crippen LogP contribution >= 0.6 is 0 Å². The Hall–Kier alpha value is -1.87. The lowest BCUT2D eigenvalue weighted by atomic mass is 9.67. The molecular weight excluding hydrogens is 310 g/mol. The van der Waals surface area contributed by atoms with E-state index in [-0.39, 0.29) is 11.9 Å². The molecule has 0 N–H and O–H groups in total. The van der Waals surface area contributed by atoms with Gasteiger partial charge < -0.3 is 9.64 Å². The number of nitrogens with zero attached hydrogens (tertiary/aromatic N) is 1. The highest BCUT2D eigenvalue weighted by Crippen LogP contribution is 2.41. The van der Waals surface area contributed by atoms with Crippen molar-refractivity contribution in [2.45, 2.75) is 39.0 Å². The van der Waals surface area contributed by atoms with E-state index in [4.69, 9.17) is 4.74 Å². The van der Waals surface area contributed by atoms with Crippen LogP contribution in [0.2, 0.25) is 0 Å². The van der Waals surface area contributed by atoms with Gasteiger partial charge >= 0.3 is 5.97 Å². The Morgan fingerprint density at radius 2 is 1.80 bits per heavy atom. The Bertz CT molecular complexity index is 703. The highest BCUT2D eigenvalue weighted by molar-refractivity contribution is 5.94. The lowest BCUT2D eigenvalue weighted by molar-refractivity contribution is -0.152. The molecule has 0 saturated carbocycles. The van der Waals surface area contributed by atoms with Gasteiger partial charge in [-0.3, -0.25) is 4.79 Å². The van der Waals surface area contributed by atoms with Crippen LogP contribution < -0.4 is 0 Å². The Kier molecular flexibility index (Phi) is 6.60. The van der Waals surface area contributed by atoms with Crippen molar-refractivity contribution in [3.05, 3.63) is 48.0 Å². The number of esters is 1. The molecule has 0 fully saturated rings. The largest absolute Gasteiger partial charge is 0.465 e. The molecule has 0 heterocycles. The fraction of sp³-hybridized carbons (Fsp3) is 0.500. The molecule has 0 bridgehead atoms. The predicted octanol–water partition coefficient (Wildman–Crippen LogP) is 4.64. The van der Waals surface area contributed by atoms with E-state index in [1.165, 1.54) is 5.39 Å². The van der Waals surface area contributed by atoms with Crippen LogP contribution in [0.3, 0.4) is 0 Å². The monoisotopic (exact) mass is 341 g/mol. The molecule has 3 heteroatoms. The van der Waals surface area contributed by atoms with Gasteiger partial charge in [0.2, 0.25) is 0 Å². The summed E-state index contributed by atoms with van der Waals surface area (Å²) in [5.74, 6) is 0.0552. The van der Waals surface area contributed by atoms with E-state index >= 15 is 0 Å². The van der Waals surface area contributed by atoms with Crippen molar-refractivity contribution in [1.82, 2.24) is 4.90 Å². The molecule has 3 nitrogen and oxygen atoms in total. The summed E-state index contributed by atoms with van der Waals surface area (Å²) in [5, 5.41) is 2.32. The van der Waals surface area contributed by atoms with Crippen molar-refractivity contribution < 1.29 is 9.53 Å². The second-order valence-electron chi connectivity index (χ2n) is 7.28. The minimum absolute atomic E-state index is 0.0971. The molecule has 0 aromatic heterocycles. The van der Waals surface area contributed by atoms with E-state index in [2.05, 4.69) is 63.2 Å². The van der Waals surface area contributed by atoms with E-state index in [9.17, 15) is 4.79 Å². The second-order valence-corrected chi connectivity index (χ2v) is 7.28. The zero-order valence-electron chi connectivity index (χ0n) is 16.2. The van der Waals surface area contributed by atoms with E-state index in [1.807, 2.05) is 19.1 Å². The van der Waals surface area contributed by atoms with E-state index in [0.29, 0.717) is 6.61 Å². The fourth-order valence-corrected chi connectivity index (χ4v) is 3.73. The lowest BCUT2D eigenvalue weighted by Gasteiger charge is -2.37. The van der Waals surface area contributed by atoms with Crippen molar-refractivity contribution in [1.29, 1.82) is 0 Å². The topological polar surface area (TPSA) is 29.5 Å². The number of fused-ring (bicyclic) bond motifs is 1. The number of benzene rings is 2. The van der Waals surface area contributed by atoms with E-state index in [0.717, 1.165) is 30.3 Å². The summed E-state index contributed by atoms with van der Waals surface area (Å²) in [6.45, 7) is 7.51. The lowest BCUT2D eigenvalue weighted by Crippen LogP contribution is -2.43. The molecule has 25 heavy (non-hydrogen) atoms. The van der Waals surface area contributed by atoms with Gasteiger partial charge in [-0.05, 0) is 62.7 Å². The maximum Gasteiger partial charge on any atom is 0.316 e. The van der Waals surface area contributed by atoms with Gasteiger partial charge in [-0.2, -0.15) is 0 Å². The Labute approximate surface area is 152 Å². The average Bonchev–Trinajstić information content (AvgIpc) is 2.58. The molecule has 2 rings (SSSR count). The molecule has 0 aliphatic rings. The number of rotatable bonds is 8. The molecule has 2 aromatic carbocycles. The van der Waals surface area contributed by atoms with Crippen molar-refractivity contribution in [2.24, 2.45) is 5.92 Å². The van der Waals surface area contributed by atoms with Crippen LogP contribution in [0.5, 0.6) is 0 Å². The number of hydrogen-bond donors (Lipinski definition) is 0. The van der Waals surface area contributed by atoms with Gasteiger partial charge in [0.15, 0.2) is 0 Å². The van der Waals surface area contributed by atoms with E-state index in [1.54, 1.807) is 0 Å². The molecule has 0 saturated heterocycles. The van der Waals surface area contributed by atoms with Crippen LogP contribution in [0, 0.1) is 5.92 Å². The van der Waals surface area contributed by atoms with Crippen LogP contribution in [0.15, 0.2) is 42.5 Å². The van der Waals surface area contributed by atoms with Crippen molar-refractivity contribution in [3.8, 4) is 0 Å². The van der Waals surface area contributed by atoms with Crippen molar-refractivity contribution in [3.63, 3.8) is 0 Å². The van der Waals surface area contributed by atoms with Crippen LogP contribution in [-0.2, 0) is 14.9 Å². The third kappa shape index (κ3) is 4.04. The molecule has 0 aliphatic heterocycles. The van der Waals surface area contributed by atoms with Crippen molar-refractivity contribution in [2.75, 3.05) is 27.2 Å². The molecule has 136 valence electrons. The molecule has 0 spiro atoms. The average molecular weight is 341 g/mol. The third-order valence-corrected chi connectivity index (χ3v) is 5.07. The first-order valence-electron chi connectivity index (χ1n) is 9.23. The maximum absolute atomic E-state index is 13.2. The first-order valence-corrected chi connectivity index (χ1v) is 9.23. The molecule has 2 aromatic rings. The highest BCUT2D eigenvalue weighted by Gasteiger charge is 2.45. The van der Waals surface area contributed by atoms with Gasteiger partial charge in [0.05, 0.1) is 12.0 Å². The number of carbonyl (C=O) groups is 1. The minimum atomic E-state index is -0.618. The van der Waals surface area contributed by atoms with Gasteiger partial charge in [-0.15, -0.1) is 0 Å². The van der Waals surface area contributed by atoms with Gasteiger partial charge in [-0.1, -0.05) is 56.3 Å². The molecule has 1 unspecified atom stereocenters. The Morgan fingerprint density at radius 1 is 1.12 bits per heavy atom. The standard InChI is InChI=1S/C22H31NO2/c1-6-25-21(24)22(17(2)3,15-10-16-23(4)5)20-14-9-12-18-11-7-8-13-19(18)20/h7-9,11-14,17H,6,10,15-16H2,1-5H3. The summed E-state index contributed by atoms with van der Waals surface area (Å²) in [4.78, 5) is 15.4. The summed E-state index contributed by atoms with van der Waals surface area (Å²) >= 11 is 0. The van der Waals surface area contributed by atoms with Crippen molar-refractivity contribution >= 4 is 16.7 Å². The minimum Gasteiger partial charge on any atom is -0.465 e. The third-order valence-electron chi connectivity index (χ3n) is 5.07. The SMILES string of the molecule is CCOC(=O)C(CCCN(C)C)(c1cccc2ccccc12)C(C)C. The van der Waals surface area contributed by atoms with Crippen LogP contribution in [0.4, 0.5) is 0 Å². The summed E-state index contributed by atoms with van der Waals surface area (Å²) < 4.78 is 5.58. The Balaban J connectivity index is 2.60. The second kappa shape index (κ2) is 8.48. The summed E-state index contributed by atoms with van der Waals surface area (Å²) in [6.07, 6.45) is 1.74. The number of hydrogen-bond acceptors (Lipinski definition) is 3. The summed E-state index contributed by atoms with van der Waals surface area (Å²) in [7, 11) is 4.14. The molecule has 0 aliphatic carbocycles. The quantitative estimate of drug-likeness (QED) is 0.655. The number of carbonyl (C=O) groups excluding carboxylic acids is 1. The Morgan fingerprint density at radius 3 is 2.44 bits per heavy atom. The smallest absolute Gasteiger partial charge is 0.316 e. The van der Waals surface area contributed by atoms with Crippen LogP contribution in [-0.4, -0.2) is 38.1 Å². The van der Waals surface area contributed by atoms with Crippen LogP contribution in [0.1, 0.15) is 39.2 Å². The summed E-state index contributed by atoms with van der Waals surface area (Å²) in [5.41, 5.74) is 0.477. The first kappa shape index (κ1) is 19.5. The van der Waals surface area contributed by atoms with Crippen LogP contribution in [0.25, 0.3) is 10.8 Å². The van der Waals surface area contributed by atoms with Gasteiger partial charge in [0.25, 0.3) is 0 Å². The van der Waals surface area contributed by atoms with Gasteiger partial charge in [0, 0.05) is 0 Å². The van der Waals surface area contributed by atoms with E-state index < -0.39 is 5.41 Å². The fourth-order valence-electron chi connectivity index (χ4n) is 3.73. The zero-order chi connectivity index (χ0) is 18.4. The normalized spacial score (nSPS) is 14.0.